The van der Waals surface area contributed by atoms with Crippen LogP contribution in [0.2, 0.25) is 0 Å². The Morgan fingerprint density at radius 3 is 1.05 bits per heavy atom. The summed E-state index contributed by atoms with van der Waals surface area (Å²) in [5, 5.41) is 0. The van der Waals surface area contributed by atoms with Gasteiger partial charge >= 0.3 is 0 Å². The summed E-state index contributed by atoms with van der Waals surface area (Å²) >= 11 is 0. The van der Waals surface area contributed by atoms with E-state index in [1.54, 1.807) is 0 Å². The minimum Gasteiger partial charge on any atom is -0.330 e. The molecule has 0 aromatic rings. The predicted octanol–water partition coefficient (Wildman–Crippen LogP) is -2.60. The zero-order valence-corrected chi connectivity index (χ0v) is 12.2. The third-order valence-corrected chi connectivity index (χ3v) is 3.16. The number of rotatable bonds is 6. The molecule has 0 aliphatic carbocycles. The molecule has 0 radical (unpaired) electrons. The minimum atomic E-state index is -0.187. The lowest BCUT2D eigenvalue weighted by Crippen LogP contribution is -2.59. The lowest BCUT2D eigenvalue weighted by atomic mass is 10.3. The number of nitrogens with two attached hydrogens (primary N) is 3. The third-order valence-electron chi connectivity index (χ3n) is 3.16. The largest absolute Gasteiger partial charge is 0.330 e. The van der Waals surface area contributed by atoms with Crippen molar-refractivity contribution in [2.24, 2.45) is 17.2 Å². The van der Waals surface area contributed by atoms with Crippen molar-refractivity contribution in [2.45, 2.75) is 19.3 Å². The Kier molecular flexibility index (Phi) is 7.06. The fourth-order valence-electron chi connectivity index (χ4n) is 2.07. The van der Waals surface area contributed by atoms with Gasteiger partial charge in [-0.2, -0.15) is 0 Å². The second kappa shape index (κ2) is 8.55. The Hall–Kier alpha value is -1.71. The van der Waals surface area contributed by atoms with Gasteiger partial charge < -0.3 is 31.9 Å². The molecule has 0 saturated carbocycles. The molecule has 0 aromatic heterocycles. The number of hydrogen-bond acceptors (Lipinski definition) is 6. The number of hydrogen-bond donors (Lipinski definition) is 3. The summed E-state index contributed by atoms with van der Waals surface area (Å²) in [5.41, 5.74) is 16.1. The van der Waals surface area contributed by atoms with E-state index >= 15 is 0 Å². The number of nitrogens with zero attached hydrogens (tertiary/aromatic N) is 3. The summed E-state index contributed by atoms with van der Waals surface area (Å²) < 4.78 is 0. The van der Waals surface area contributed by atoms with Crippen LogP contribution in [0, 0.1) is 0 Å². The van der Waals surface area contributed by atoms with Crippen molar-refractivity contribution < 1.29 is 14.4 Å². The Morgan fingerprint density at radius 2 is 0.857 bits per heavy atom. The Balaban J connectivity index is 2.79. The molecule has 0 unspecified atom stereocenters. The molecular formula is C12H24N6O3. The van der Waals surface area contributed by atoms with Gasteiger partial charge in [0.15, 0.2) is 0 Å². The average molecular weight is 300 g/mol. The van der Waals surface area contributed by atoms with E-state index in [0.717, 1.165) is 0 Å². The van der Waals surface area contributed by atoms with Crippen molar-refractivity contribution in [3.63, 3.8) is 0 Å². The van der Waals surface area contributed by atoms with E-state index in [9.17, 15) is 14.4 Å². The summed E-state index contributed by atoms with van der Waals surface area (Å²) in [4.78, 5) is 40.2. The van der Waals surface area contributed by atoms with E-state index in [4.69, 9.17) is 17.2 Å². The summed E-state index contributed by atoms with van der Waals surface area (Å²) in [7, 11) is 0. The van der Waals surface area contributed by atoms with Crippen LogP contribution in [-0.4, -0.2) is 72.1 Å². The van der Waals surface area contributed by atoms with Crippen LogP contribution in [-0.2, 0) is 14.4 Å². The van der Waals surface area contributed by atoms with Crippen LogP contribution in [0.3, 0.4) is 0 Å². The predicted molar refractivity (Wildman–Crippen MR) is 76.2 cm³/mol. The molecule has 21 heavy (non-hydrogen) atoms. The normalized spacial score (nSPS) is 15.3. The Morgan fingerprint density at radius 1 is 0.619 bits per heavy atom. The SMILES string of the molecule is NCCC(=O)N1CN(C(=O)CCN)CN(C(=O)CCN)C1. The lowest BCUT2D eigenvalue weighted by molar-refractivity contribution is -0.158. The van der Waals surface area contributed by atoms with Gasteiger partial charge in [-0.05, 0) is 0 Å². The fraction of sp³-hybridized carbons (Fsp3) is 0.750. The topological polar surface area (TPSA) is 139 Å². The maximum absolute atomic E-state index is 12.0. The van der Waals surface area contributed by atoms with Crippen molar-refractivity contribution >= 4 is 17.7 Å². The van der Waals surface area contributed by atoms with Crippen LogP contribution in [0.5, 0.6) is 0 Å². The van der Waals surface area contributed by atoms with Gasteiger partial charge in [0.05, 0.1) is 20.0 Å². The highest BCUT2D eigenvalue weighted by molar-refractivity contribution is 5.82. The Bertz CT molecular complexity index is 326. The molecule has 9 heteroatoms. The molecule has 6 N–H and O–H groups in total. The summed E-state index contributed by atoms with van der Waals surface area (Å²) in [6.45, 7) is 1.15. The average Bonchev–Trinajstić information content (AvgIpc) is 2.47. The molecule has 1 rings (SSSR count). The van der Waals surface area contributed by atoms with E-state index in [1.807, 2.05) is 0 Å². The first-order valence-electron chi connectivity index (χ1n) is 6.97. The van der Waals surface area contributed by atoms with Crippen LogP contribution < -0.4 is 17.2 Å². The first-order chi connectivity index (χ1) is 10.0. The second-order valence-electron chi connectivity index (χ2n) is 4.84. The quantitative estimate of drug-likeness (QED) is 0.492. The van der Waals surface area contributed by atoms with Gasteiger partial charge in [-0.3, -0.25) is 14.4 Å². The van der Waals surface area contributed by atoms with Gasteiger partial charge in [-0.1, -0.05) is 0 Å². The maximum Gasteiger partial charge on any atom is 0.226 e. The standard InChI is InChI=1S/C12H24N6O3/c13-4-1-10(19)16-7-17(11(20)2-5-14)9-18(8-16)12(21)3-6-15/h1-9,13-15H2. The van der Waals surface area contributed by atoms with Crippen LogP contribution in [0.4, 0.5) is 0 Å². The minimum absolute atomic E-state index is 0.157. The van der Waals surface area contributed by atoms with Crippen molar-refractivity contribution in [1.82, 2.24) is 14.7 Å². The zero-order chi connectivity index (χ0) is 15.8. The van der Waals surface area contributed by atoms with Crippen molar-refractivity contribution in [3.05, 3.63) is 0 Å². The van der Waals surface area contributed by atoms with E-state index in [2.05, 4.69) is 0 Å². The van der Waals surface area contributed by atoms with Crippen LogP contribution in [0.25, 0.3) is 0 Å². The van der Waals surface area contributed by atoms with E-state index < -0.39 is 0 Å². The van der Waals surface area contributed by atoms with Gasteiger partial charge in [-0.25, -0.2) is 0 Å². The van der Waals surface area contributed by atoms with Crippen LogP contribution in [0.15, 0.2) is 0 Å². The van der Waals surface area contributed by atoms with Crippen molar-refractivity contribution in [1.29, 1.82) is 0 Å². The van der Waals surface area contributed by atoms with Crippen LogP contribution in [0.1, 0.15) is 19.3 Å². The van der Waals surface area contributed by atoms with Crippen molar-refractivity contribution in [3.8, 4) is 0 Å². The molecule has 1 heterocycles. The molecule has 9 nitrogen and oxygen atoms in total. The van der Waals surface area contributed by atoms with Gasteiger partial charge in [0, 0.05) is 38.9 Å². The van der Waals surface area contributed by atoms with E-state index in [0.29, 0.717) is 0 Å². The van der Waals surface area contributed by atoms with Crippen molar-refractivity contribution in [2.75, 3.05) is 39.6 Å². The zero-order valence-electron chi connectivity index (χ0n) is 12.2. The molecule has 1 aliphatic rings. The first-order valence-corrected chi connectivity index (χ1v) is 6.97. The molecule has 0 aromatic carbocycles. The summed E-state index contributed by atoms with van der Waals surface area (Å²) in [6.07, 6.45) is 0.535. The molecule has 3 amide bonds. The summed E-state index contributed by atoms with van der Waals surface area (Å²) in [5.74, 6) is -0.560. The smallest absolute Gasteiger partial charge is 0.226 e. The van der Waals surface area contributed by atoms with Gasteiger partial charge in [0.2, 0.25) is 17.7 Å². The highest BCUT2D eigenvalue weighted by atomic mass is 16.2. The highest BCUT2D eigenvalue weighted by Crippen LogP contribution is 2.11. The summed E-state index contributed by atoms with van der Waals surface area (Å²) in [6, 6.07) is 0. The van der Waals surface area contributed by atoms with Gasteiger partial charge in [0.25, 0.3) is 0 Å². The molecule has 1 saturated heterocycles. The third kappa shape index (κ3) is 4.96. The lowest BCUT2D eigenvalue weighted by Gasteiger charge is -2.42. The monoisotopic (exact) mass is 300 g/mol. The number of amides is 3. The first kappa shape index (κ1) is 17.3. The molecule has 0 spiro atoms. The van der Waals surface area contributed by atoms with Gasteiger partial charge in [-0.15, -0.1) is 0 Å². The van der Waals surface area contributed by atoms with E-state index in [1.165, 1.54) is 14.7 Å². The molecular weight excluding hydrogens is 276 g/mol. The molecule has 0 bridgehead atoms. The molecule has 120 valence electrons. The van der Waals surface area contributed by atoms with E-state index in [-0.39, 0.29) is 76.6 Å². The molecule has 1 aliphatic heterocycles. The second-order valence-corrected chi connectivity index (χ2v) is 4.84. The number of carbonyl (C=O) groups is 3. The van der Waals surface area contributed by atoms with Crippen LogP contribution >= 0.6 is 0 Å². The number of carbonyl (C=O) groups excluding carboxylic acids is 3. The maximum atomic E-state index is 12.0. The Labute approximate surface area is 124 Å². The van der Waals surface area contributed by atoms with Gasteiger partial charge in [0.1, 0.15) is 0 Å². The fourth-order valence-corrected chi connectivity index (χ4v) is 2.07. The highest BCUT2D eigenvalue weighted by Gasteiger charge is 2.30. The molecule has 0 atom stereocenters. The molecule has 1 fully saturated rings.